The molecule has 168 valence electrons. The lowest BCUT2D eigenvalue weighted by molar-refractivity contribution is -0.113. The van der Waals surface area contributed by atoms with Crippen molar-refractivity contribution in [3.63, 3.8) is 0 Å². The highest BCUT2D eigenvalue weighted by molar-refractivity contribution is 8.02. The van der Waals surface area contributed by atoms with Crippen molar-refractivity contribution >= 4 is 62.6 Å². The van der Waals surface area contributed by atoms with E-state index in [2.05, 4.69) is 22.4 Å². The summed E-state index contributed by atoms with van der Waals surface area (Å²) in [7, 11) is 0. The van der Waals surface area contributed by atoms with E-state index in [1.165, 1.54) is 5.56 Å². The third-order valence-electron chi connectivity index (χ3n) is 4.60. The molecule has 0 aliphatic carbocycles. The minimum absolute atomic E-state index is 0.0236. The molecule has 0 bridgehead atoms. The van der Waals surface area contributed by atoms with Crippen molar-refractivity contribution in [3.05, 3.63) is 82.1 Å². The summed E-state index contributed by atoms with van der Waals surface area (Å²) in [6.07, 6.45) is 0. The van der Waals surface area contributed by atoms with Crippen LogP contribution in [0.25, 0.3) is 10.2 Å². The SMILES string of the molecule is NC(=O)c1c(SCC(=O)Nc2ccccc2SCc2ccccc2)sc2c(O)cc(=O)[nH]c12. The maximum absolute atomic E-state index is 12.7. The van der Waals surface area contributed by atoms with Crippen LogP contribution in [0.15, 0.2) is 74.6 Å². The second-order valence-corrected chi connectivity index (χ2v) is 10.2. The number of hydrogen-bond acceptors (Lipinski definition) is 7. The van der Waals surface area contributed by atoms with Crippen molar-refractivity contribution < 1.29 is 14.7 Å². The standard InChI is InChI=1S/C23H19N3O4S3/c24-22(30)19-20-21(15(27)10-17(28)26-20)33-23(19)32-12-18(29)25-14-8-4-5-9-16(14)31-11-13-6-2-1-3-7-13/h1-10H,11-12H2,(H2,24,30)(H,25,29)(H2,26,27,28). The van der Waals surface area contributed by atoms with E-state index >= 15 is 0 Å². The molecule has 2 amide bonds. The van der Waals surface area contributed by atoms with Gasteiger partial charge in [-0.2, -0.15) is 0 Å². The summed E-state index contributed by atoms with van der Waals surface area (Å²) in [5.41, 5.74) is 7.13. The normalized spacial score (nSPS) is 10.9. The first-order chi connectivity index (χ1) is 15.9. The molecule has 0 saturated carbocycles. The number of anilines is 1. The van der Waals surface area contributed by atoms with E-state index in [9.17, 15) is 19.5 Å². The number of nitrogens with two attached hydrogens (primary N) is 1. The van der Waals surface area contributed by atoms with Crippen LogP contribution < -0.4 is 16.6 Å². The molecule has 33 heavy (non-hydrogen) atoms. The van der Waals surface area contributed by atoms with Gasteiger partial charge in [-0.05, 0) is 17.7 Å². The number of amides is 2. The van der Waals surface area contributed by atoms with Crippen LogP contribution in [0.4, 0.5) is 5.69 Å². The Morgan fingerprint density at radius 3 is 2.55 bits per heavy atom. The van der Waals surface area contributed by atoms with Crippen LogP contribution >= 0.6 is 34.9 Å². The van der Waals surface area contributed by atoms with Gasteiger partial charge in [-0.1, -0.05) is 42.5 Å². The topological polar surface area (TPSA) is 125 Å². The van der Waals surface area contributed by atoms with E-state index in [1.54, 1.807) is 11.8 Å². The molecule has 0 fully saturated rings. The van der Waals surface area contributed by atoms with Crippen LogP contribution in [0, 0.1) is 0 Å². The largest absolute Gasteiger partial charge is 0.506 e. The number of fused-ring (bicyclic) bond motifs is 1. The lowest BCUT2D eigenvalue weighted by Gasteiger charge is -2.11. The van der Waals surface area contributed by atoms with Gasteiger partial charge in [-0.15, -0.1) is 34.9 Å². The number of rotatable bonds is 8. The molecular weight excluding hydrogens is 478 g/mol. The maximum Gasteiger partial charge on any atom is 0.252 e. The summed E-state index contributed by atoms with van der Waals surface area (Å²) < 4.78 is 0.797. The van der Waals surface area contributed by atoms with Gasteiger partial charge in [0, 0.05) is 16.7 Å². The fourth-order valence-corrected chi connectivity index (χ4v) is 6.35. The van der Waals surface area contributed by atoms with E-state index < -0.39 is 11.5 Å². The van der Waals surface area contributed by atoms with E-state index in [1.807, 2.05) is 42.5 Å². The number of aromatic hydroxyl groups is 1. The number of thioether (sulfide) groups is 2. The number of hydrogen-bond donors (Lipinski definition) is 4. The van der Waals surface area contributed by atoms with Crippen LogP contribution in [0.2, 0.25) is 0 Å². The monoisotopic (exact) mass is 497 g/mol. The second kappa shape index (κ2) is 10.2. The number of primary amides is 1. The number of nitrogens with one attached hydrogen (secondary N) is 2. The lowest BCUT2D eigenvalue weighted by Crippen LogP contribution is -2.16. The van der Waals surface area contributed by atoms with Gasteiger partial charge >= 0.3 is 0 Å². The van der Waals surface area contributed by atoms with Crippen molar-refractivity contribution in [3.8, 4) is 5.75 Å². The van der Waals surface area contributed by atoms with Gasteiger partial charge in [-0.25, -0.2) is 0 Å². The lowest BCUT2D eigenvalue weighted by atomic mass is 10.2. The zero-order valence-corrected chi connectivity index (χ0v) is 19.6. The van der Waals surface area contributed by atoms with E-state index in [4.69, 9.17) is 5.73 Å². The molecular formula is C23H19N3O4S3. The maximum atomic E-state index is 12.7. The molecule has 0 aliphatic rings. The van der Waals surface area contributed by atoms with Crippen LogP contribution in [0.1, 0.15) is 15.9 Å². The highest BCUT2D eigenvalue weighted by atomic mass is 32.2. The number of benzene rings is 2. The Morgan fingerprint density at radius 1 is 1.06 bits per heavy atom. The fraction of sp³-hybridized carbons (Fsp3) is 0.0870. The Labute approximate surface area is 201 Å². The van der Waals surface area contributed by atoms with Gasteiger partial charge in [0.1, 0.15) is 5.75 Å². The van der Waals surface area contributed by atoms with E-state index in [0.717, 1.165) is 39.8 Å². The Kier molecular flexibility index (Phi) is 7.07. The minimum atomic E-state index is -0.743. The zero-order valence-electron chi connectivity index (χ0n) is 17.2. The average molecular weight is 498 g/mol. The van der Waals surface area contributed by atoms with Crippen molar-refractivity contribution in [2.75, 3.05) is 11.1 Å². The first-order valence-corrected chi connectivity index (χ1v) is 12.6. The van der Waals surface area contributed by atoms with Crippen LogP contribution in [-0.2, 0) is 10.5 Å². The molecule has 0 saturated heterocycles. The second-order valence-electron chi connectivity index (χ2n) is 6.96. The van der Waals surface area contributed by atoms with Crippen LogP contribution in [0.3, 0.4) is 0 Å². The van der Waals surface area contributed by atoms with Crippen LogP contribution in [0.5, 0.6) is 5.75 Å². The van der Waals surface area contributed by atoms with E-state index in [-0.39, 0.29) is 28.5 Å². The quantitative estimate of drug-likeness (QED) is 0.267. The number of aromatic nitrogens is 1. The summed E-state index contributed by atoms with van der Waals surface area (Å²) in [6, 6.07) is 18.7. The van der Waals surface area contributed by atoms with Gasteiger partial charge in [0.15, 0.2) is 0 Å². The summed E-state index contributed by atoms with van der Waals surface area (Å²) in [6.45, 7) is 0. The minimum Gasteiger partial charge on any atom is -0.506 e. The molecule has 10 heteroatoms. The molecule has 5 N–H and O–H groups in total. The number of H-pyrrole nitrogens is 1. The van der Waals surface area contributed by atoms with Crippen molar-refractivity contribution in [1.82, 2.24) is 4.98 Å². The summed E-state index contributed by atoms with van der Waals surface area (Å²) >= 11 is 3.85. The predicted octanol–water partition coefficient (Wildman–Crippen LogP) is 4.42. The fourth-order valence-electron chi connectivity index (χ4n) is 3.13. The highest BCUT2D eigenvalue weighted by Gasteiger charge is 2.21. The van der Waals surface area contributed by atoms with Crippen LogP contribution in [-0.4, -0.2) is 27.7 Å². The van der Waals surface area contributed by atoms with Gasteiger partial charge in [0.2, 0.25) is 5.91 Å². The van der Waals surface area contributed by atoms with E-state index in [0.29, 0.717) is 14.6 Å². The van der Waals surface area contributed by atoms with Crippen molar-refractivity contribution in [2.24, 2.45) is 5.73 Å². The Morgan fingerprint density at radius 2 is 1.79 bits per heavy atom. The molecule has 0 aliphatic heterocycles. The van der Waals surface area contributed by atoms with Gasteiger partial charge in [-0.3, -0.25) is 14.4 Å². The average Bonchev–Trinajstić information content (AvgIpc) is 3.17. The van der Waals surface area contributed by atoms with Crippen molar-refractivity contribution in [2.45, 2.75) is 14.9 Å². The van der Waals surface area contributed by atoms with Gasteiger partial charge in [0.25, 0.3) is 11.5 Å². The molecule has 2 heterocycles. The number of pyridine rings is 1. The highest BCUT2D eigenvalue weighted by Crippen LogP contribution is 2.40. The first-order valence-electron chi connectivity index (χ1n) is 9.79. The van der Waals surface area contributed by atoms with Gasteiger partial charge < -0.3 is 21.1 Å². The number of carbonyl (C=O) groups excluding carboxylic acids is 2. The third-order valence-corrected chi connectivity index (χ3v) is 8.23. The molecule has 4 aromatic rings. The Balaban J connectivity index is 1.47. The number of para-hydroxylation sites is 1. The van der Waals surface area contributed by atoms with Crippen molar-refractivity contribution in [1.29, 1.82) is 0 Å². The molecule has 4 rings (SSSR count). The molecule has 7 nitrogen and oxygen atoms in total. The molecule has 0 unspecified atom stereocenters. The molecule has 2 aromatic heterocycles. The molecule has 0 radical (unpaired) electrons. The zero-order chi connectivity index (χ0) is 23.4. The summed E-state index contributed by atoms with van der Waals surface area (Å²) in [5, 5.41) is 13.0. The Hall–Kier alpha value is -3.21. The third kappa shape index (κ3) is 5.41. The molecule has 2 aromatic carbocycles. The number of carbonyl (C=O) groups is 2. The number of thiophene rings is 1. The molecule has 0 spiro atoms. The number of aromatic amines is 1. The summed E-state index contributed by atoms with van der Waals surface area (Å²) in [5.74, 6) is -0.433. The summed E-state index contributed by atoms with van der Waals surface area (Å²) in [4.78, 5) is 39.9. The first kappa shape index (κ1) is 23.0. The molecule has 0 atom stereocenters. The van der Waals surface area contributed by atoms with Gasteiger partial charge in [0.05, 0.1) is 31.4 Å². The Bertz CT molecular complexity index is 1380. The predicted molar refractivity (Wildman–Crippen MR) is 134 cm³/mol. The smallest absolute Gasteiger partial charge is 0.252 e.